The first-order valence-corrected chi connectivity index (χ1v) is 9.24. The second-order valence-corrected chi connectivity index (χ2v) is 7.06. The van der Waals surface area contributed by atoms with Crippen LogP contribution in [0, 0.1) is 5.82 Å². The van der Waals surface area contributed by atoms with Gasteiger partial charge in [-0.2, -0.15) is 0 Å². The lowest BCUT2D eigenvalue weighted by Gasteiger charge is -2.33. The first-order valence-electron chi connectivity index (χ1n) is 9.24. The minimum Gasteiger partial charge on any atom is -0.429 e. The van der Waals surface area contributed by atoms with Gasteiger partial charge in [-0.1, -0.05) is 42.5 Å². The molecule has 7 nitrogen and oxygen atoms in total. The maximum absolute atomic E-state index is 13.9. The topological polar surface area (TPSA) is 94.5 Å². The van der Waals surface area contributed by atoms with E-state index in [1.807, 2.05) is 18.2 Å². The lowest BCUT2D eigenvalue weighted by Crippen LogP contribution is -2.53. The van der Waals surface area contributed by atoms with Gasteiger partial charge in [-0.3, -0.25) is 0 Å². The van der Waals surface area contributed by atoms with Gasteiger partial charge in [0.25, 0.3) is 0 Å². The van der Waals surface area contributed by atoms with Crippen molar-refractivity contribution in [3.8, 4) is 0 Å². The van der Waals surface area contributed by atoms with Crippen LogP contribution in [0.15, 0.2) is 54.6 Å². The summed E-state index contributed by atoms with van der Waals surface area (Å²) in [4.78, 5) is 12.5. The van der Waals surface area contributed by atoms with Gasteiger partial charge in [0.15, 0.2) is 12.4 Å². The fraction of sp³-hybridized carbons (Fsp3) is 0.381. The standard InChI is InChI=1S/C21H21FO7/c1-12(24)21(11-23)17-16(26-19(27-17)13-7-3-2-4-8-13)20(29-21)28-18(25)14-9-5-6-10-15(14)22/h2-10,12,16-17,19-20,23-24H,11H2,1H3/t12?,16-,17+,19+,20+,21-/m1/s1. The van der Waals surface area contributed by atoms with Crippen molar-refractivity contribution in [2.45, 2.75) is 43.4 Å². The maximum atomic E-state index is 13.9. The number of aliphatic hydroxyl groups is 2. The van der Waals surface area contributed by atoms with E-state index >= 15 is 0 Å². The highest BCUT2D eigenvalue weighted by molar-refractivity contribution is 5.89. The molecule has 154 valence electrons. The second-order valence-electron chi connectivity index (χ2n) is 7.06. The number of rotatable bonds is 5. The first-order chi connectivity index (χ1) is 14.0. The molecule has 2 N–H and O–H groups in total. The Balaban J connectivity index is 1.61. The number of halogens is 1. The molecule has 4 rings (SSSR count). The molecule has 2 saturated heterocycles. The Bertz CT molecular complexity index is 874. The van der Waals surface area contributed by atoms with Crippen molar-refractivity contribution in [1.29, 1.82) is 0 Å². The van der Waals surface area contributed by atoms with Crippen molar-refractivity contribution in [3.05, 3.63) is 71.5 Å². The molecule has 0 spiro atoms. The van der Waals surface area contributed by atoms with Crippen LogP contribution < -0.4 is 0 Å². The van der Waals surface area contributed by atoms with Gasteiger partial charge in [0.1, 0.15) is 17.5 Å². The number of hydrogen-bond donors (Lipinski definition) is 2. The summed E-state index contributed by atoms with van der Waals surface area (Å²) < 4.78 is 36.9. The third kappa shape index (κ3) is 3.43. The van der Waals surface area contributed by atoms with Gasteiger partial charge >= 0.3 is 5.97 Å². The van der Waals surface area contributed by atoms with Crippen LogP contribution in [0.4, 0.5) is 4.39 Å². The van der Waals surface area contributed by atoms with Crippen molar-refractivity contribution in [2.24, 2.45) is 0 Å². The monoisotopic (exact) mass is 404 g/mol. The van der Waals surface area contributed by atoms with Crippen LogP contribution in [0.2, 0.25) is 0 Å². The van der Waals surface area contributed by atoms with E-state index in [9.17, 15) is 19.4 Å². The highest BCUT2D eigenvalue weighted by Crippen LogP contribution is 2.46. The summed E-state index contributed by atoms with van der Waals surface area (Å²) in [6.45, 7) is 0.845. The molecule has 8 heteroatoms. The molecule has 0 amide bonds. The lowest BCUT2D eigenvalue weighted by atomic mass is 9.91. The summed E-state index contributed by atoms with van der Waals surface area (Å²) in [5.41, 5.74) is -1.10. The van der Waals surface area contributed by atoms with Crippen LogP contribution >= 0.6 is 0 Å². The van der Waals surface area contributed by atoms with Crippen LogP contribution in [0.25, 0.3) is 0 Å². The zero-order valence-electron chi connectivity index (χ0n) is 15.6. The molecule has 2 heterocycles. The van der Waals surface area contributed by atoms with E-state index in [2.05, 4.69) is 0 Å². The molecule has 2 fully saturated rings. The molecule has 6 atom stereocenters. The summed E-state index contributed by atoms with van der Waals surface area (Å²) in [6.07, 6.45) is -5.08. The molecule has 2 aromatic carbocycles. The molecular weight excluding hydrogens is 383 g/mol. The van der Waals surface area contributed by atoms with Gasteiger partial charge < -0.3 is 29.2 Å². The molecule has 1 unspecified atom stereocenters. The normalized spacial score (nSPS) is 32.0. The van der Waals surface area contributed by atoms with Crippen LogP contribution in [-0.2, 0) is 18.9 Å². The number of benzene rings is 2. The molecule has 0 aromatic heterocycles. The van der Waals surface area contributed by atoms with E-state index in [1.54, 1.807) is 12.1 Å². The minimum atomic E-state index is -1.56. The van der Waals surface area contributed by atoms with E-state index in [0.717, 1.165) is 11.6 Å². The van der Waals surface area contributed by atoms with E-state index in [4.69, 9.17) is 18.9 Å². The van der Waals surface area contributed by atoms with Crippen LogP contribution in [0.1, 0.15) is 29.1 Å². The Kier molecular flexibility index (Phi) is 5.37. The van der Waals surface area contributed by atoms with Gasteiger partial charge in [-0.25, -0.2) is 9.18 Å². The molecule has 0 radical (unpaired) electrons. The average Bonchev–Trinajstić information content (AvgIpc) is 3.28. The summed E-state index contributed by atoms with van der Waals surface area (Å²) >= 11 is 0. The van der Waals surface area contributed by atoms with E-state index < -0.39 is 54.9 Å². The zero-order valence-corrected chi connectivity index (χ0v) is 15.6. The first kappa shape index (κ1) is 19.9. The minimum absolute atomic E-state index is 0.260. The van der Waals surface area contributed by atoms with E-state index in [0.29, 0.717) is 0 Å². The van der Waals surface area contributed by atoms with Gasteiger partial charge in [-0.15, -0.1) is 0 Å². The number of fused-ring (bicyclic) bond motifs is 1. The second kappa shape index (κ2) is 7.81. The quantitative estimate of drug-likeness (QED) is 0.736. The molecule has 0 saturated carbocycles. The van der Waals surface area contributed by atoms with Crippen molar-refractivity contribution in [1.82, 2.24) is 0 Å². The Morgan fingerprint density at radius 1 is 1.17 bits per heavy atom. The number of carbonyl (C=O) groups excluding carboxylic acids is 1. The van der Waals surface area contributed by atoms with E-state index in [1.165, 1.54) is 25.1 Å². The molecule has 0 aliphatic carbocycles. The summed E-state index contributed by atoms with van der Waals surface area (Å²) in [5.74, 6) is -1.68. The Morgan fingerprint density at radius 3 is 2.52 bits per heavy atom. The van der Waals surface area contributed by atoms with Crippen molar-refractivity contribution in [3.63, 3.8) is 0 Å². The summed E-state index contributed by atoms with van der Waals surface area (Å²) in [5, 5.41) is 20.3. The molecule has 2 aliphatic rings. The highest BCUT2D eigenvalue weighted by Gasteiger charge is 2.64. The number of aliphatic hydroxyl groups excluding tert-OH is 2. The Labute approximate surface area is 166 Å². The fourth-order valence-corrected chi connectivity index (χ4v) is 3.66. The molecule has 29 heavy (non-hydrogen) atoms. The predicted molar refractivity (Wildman–Crippen MR) is 97.1 cm³/mol. The summed E-state index contributed by atoms with van der Waals surface area (Å²) in [7, 11) is 0. The molecule has 2 aromatic rings. The fourth-order valence-electron chi connectivity index (χ4n) is 3.66. The zero-order chi connectivity index (χ0) is 20.6. The number of hydrogen-bond acceptors (Lipinski definition) is 7. The largest absolute Gasteiger partial charge is 0.429 e. The van der Waals surface area contributed by atoms with Crippen molar-refractivity contribution in [2.75, 3.05) is 6.61 Å². The number of ether oxygens (including phenoxy) is 4. The lowest BCUT2D eigenvalue weighted by molar-refractivity contribution is -0.246. The highest BCUT2D eigenvalue weighted by atomic mass is 19.1. The molecule has 0 bridgehead atoms. The number of carbonyl (C=O) groups is 1. The predicted octanol–water partition coefficient (Wildman–Crippen LogP) is 1.93. The molecule has 2 aliphatic heterocycles. The van der Waals surface area contributed by atoms with Crippen LogP contribution in [-0.4, -0.2) is 53.0 Å². The molecular formula is C21H21FO7. The van der Waals surface area contributed by atoms with Crippen molar-refractivity contribution >= 4 is 5.97 Å². The van der Waals surface area contributed by atoms with E-state index in [-0.39, 0.29) is 5.56 Å². The Morgan fingerprint density at radius 2 is 1.86 bits per heavy atom. The van der Waals surface area contributed by atoms with Crippen molar-refractivity contribution < 1.29 is 38.3 Å². The van der Waals surface area contributed by atoms with Gasteiger partial charge in [-0.05, 0) is 19.1 Å². The smallest absolute Gasteiger partial charge is 0.343 e. The Hall–Kier alpha value is -2.36. The SMILES string of the molecule is CC(O)[C@@]1(CO)O[C@H](OC(=O)c2ccccc2F)[C@@H]2O[C@H](c3ccccc3)O[C@@H]21. The third-order valence-electron chi connectivity index (χ3n) is 5.28. The number of esters is 1. The third-order valence-corrected chi connectivity index (χ3v) is 5.28. The maximum Gasteiger partial charge on any atom is 0.343 e. The summed E-state index contributed by atoms with van der Waals surface area (Å²) in [6, 6.07) is 14.5. The van der Waals surface area contributed by atoms with Crippen LogP contribution in [0.5, 0.6) is 0 Å². The van der Waals surface area contributed by atoms with Gasteiger partial charge in [0.05, 0.1) is 18.3 Å². The van der Waals surface area contributed by atoms with Crippen LogP contribution in [0.3, 0.4) is 0 Å². The average molecular weight is 404 g/mol. The van der Waals surface area contributed by atoms with Gasteiger partial charge in [0, 0.05) is 5.56 Å². The van der Waals surface area contributed by atoms with Gasteiger partial charge in [0.2, 0.25) is 6.29 Å².